The number of halogens is 1. The second kappa shape index (κ2) is 4.47. The smallest absolute Gasteiger partial charge is 0.355 e. The van der Waals surface area contributed by atoms with Crippen molar-refractivity contribution in [1.82, 2.24) is 15.0 Å². The highest BCUT2D eigenvalue weighted by Crippen LogP contribution is 2.28. The summed E-state index contributed by atoms with van der Waals surface area (Å²) in [6.07, 6.45) is 3.04. The third kappa shape index (κ3) is 2.24. The number of aryl methyl sites for hydroxylation is 1. The van der Waals surface area contributed by atoms with Crippen molar-refractivity contribution in [3.8, 4) is 11.4 Å². The van der Waals surface area contributed by atoms with Gasteiger partial charge in [-0.15, -0.1) is 0 Å². The van der Waals surface area contributed by atoms with Crippen LogP contribution >= 0.6 is 11.6 Å². The monoisotopic (exact) mass is 249 g/mol. The van der Waals surface area contributed by atoms with Crippen LogP contribution in [-0.4, -0.2) is 26.0 Å². The molecule has 2 heterocycles. The molecule has 0 saturated carbocycles. The predicted octanol–water partition coefficient (Wildman–Crippen LogP) is 2.20. The fourth-order valence-electron chi connectivity index (χ4n) is 1.43. The normalized spacial score (nSPS) is 10.2. The number of nitrogens with zero attached hydrogens (tertiary/aromatic N) is 3. The van der Waals surface area contributed by atoms with Gasteiger partial charge < -0.3 is 5.11 Å². The maximum atomic E-state index is 11.1. The lowest BCUT2D eigenvalue weighted by molar-refractivity contribution is 0.0691. The molecule has 0 spiro atoms. The van der Waals surface area contributed by atoms with Gasteiger partial charge in [0.05, 0.1) is 10.6 Å². The molecule has 0 amide bonds. The molecule has 86 valence electrons. The number of carboxylic acids is 1. The minimum Gasteiger partial charge on any atom is -0.476 e. The molecule has 0 aliphatic heterocycles. The fraction of sp³-hybridized carbons (Fsp3) is 0.0909. The lowest BCUT2D eigenvalue weighted by atomic mass is 10.1. The topological polar surface area (TPSA) is 76.0 Å². The maximum absolute atomic E-state index is 11.1. The van der Waals surface area contributed by atoms with Gasteiger partial charge >= 0.3 is 5.97 Å². The SMILES string of the molecule is Cc1cc(Cl)c(-c2ncccn2)c(C(=O)O)n1. The van der Waals surface area contributed by atoms with E-state index in [2.05, 4.69) is 15.0 Å². The van der Waals surface area contributed by atoms with Gasteiger partial charge in [0.25, 0.3) is 0 Å². The van der Waals surface area contributed by atoms with Crippen molar-refractivity contribution >= 4 is 17.6 Å². The highest BCUT2D eigenvalue weighted by atomic mass is 35.5. The van der Waals surface area contributed by atoms with E-state index >= 15 is 0 Å². The Hall–Kier alpha value is -2.01. The van der Waals surface area contributed by atoms with E-state index in [0.717, 1.165) is 0 Å². The lowest BCUT2D eigenvalue weighted by Gasteiger charge is -2.07. The molecule has 1 N–H and O–H groups in total. The van der Waals surface area contributed by atoms with Gasteiger partial charge in [0, 0.05) is 18.1 Å². The van der Waals surface area contributed by atoms with E-state index in [1.54, 1.807) is 19.1 Å². The Balaban J connectivity index is 2.72. The maximum Gasteiger partial charge on any atom is 0.355 e. The van der Waals surface area contributed by atoms with Crippen molar-refractivity contribution < 1.29 is 9.90 Å². The lowest BCUT2D eigenvalue weighted by Crippen LogP contribution is -2.06. The van der Waals surface area contributed by atoms with Gasteiger partial charge in [-0.1, -0.05) is 11.6 Å². The Morgan fingerprint density at radius 1 is 1.35 bits per heavy atom. The second-order valence-electron chi connectivity index (χ2n) is 3.35. The summed E-state index contributed by atoms with van der Waals surface area (Å²) in [4.78, 5) is 23.0. The Labute approximate surface area is 102 Å². The van der Waals surface area contributed by atoms with Crippen LogP contribution in [0.15, 0.2) is 24.5 Å². The first kappa shape index (κ1) is 11.5. The van der Waals surface area contributed by atoms with Gasteiger partial charge in [-0.3, -0.25) is 0 Å². The standard InChI is InChI=1S/C11H8ClN3O2/c1-6-5-7(12)8(9(15-6)11(16)17)10-13-3-2-4-14-10/h2-5H,1H3,(H,16,17). The molecule has 6 heteroatoms. The first-order chi connectivity index (χ1) is 8.09. The molecular weight excluding hydrogens is 242 g/mol. The molecular formula is C11H8ClN3O2. The number of carboxylic acid groups (broad SMARTS) is 1. The van der Waals surface area contributed by atoms with Crippen LogP contribution in [0.5, 0.6) is 0 Å². The molecule has 17 heavy (non-hydrogen) atoms. The molecule has 0 unspecified atom stereocenters. The highest BCUT2D eigenvalue weighted by Gasteiger charge is 2.19. The van der Waals surface area contributed by atoms with E-state index in [9.17, 15) is 4.79 Å². The summed E-state index contributed by atoms with van der Waals surface area (Å²) in [6.45, 7) is 1.67. The number of carbonyl (C=O) groups is 1. The fourth-order valence-corrected chi connectivity index (χ4v) is 1.76. The Kier molecular flexibility index (Phi) is 3.01. The van der Waals surface area contributed by atoms with E-state index in [-0.39, 0.29) is 22.1 Å². The Bertz CT molecular complexity index is 572. The average molecular weight is 250 g/mol. The molecule has 2 rings (SSSR count). The molecule has 2 aromatic heterocycles. The zero-order valence-electron chi connectivity index (χ0n) is 8.88. The molecule has 0 aliphatic rings. The average Bonchev–Trinajstić information content (AvgIpc) is 2.29. The zero-order chi connectivity index (χ0) is 12.4. The quantitative estimate of drug-likeness (QED) is 0.883. The number of pyridine rings is 1. The molecule has 0 radical (unpaired) electrons. The second-order valence-corrected chi connectivity index (χ2v) is 3.75. The van der Waals surface area contributed by atoms with Gasteiger partial charge in [-0.25, -0.2) is 19.7 Å². The van der Waals surface area contributed by atoms with E-state index in [4.69, 9.17) is 16.7 Å². The van der Waals surface area contributed by atoms with Crippen LogP contribution in [0.4, 0.5) is 0 Å². The van der Waals surface area contributed by atoms with Crippen molar-refractivity contribution in [3.63, 3.8) is 0 Å². The van der Waals surface area contributed by atoms with Crippen LogP contribution in [0.1, 0.15) is 16.2 Å². The van der Waals surface area contributed by atoms with Gasteiger partial charge in [0.15, 0.2) is 11.5 Å². The first-order valence-corrected chi connectivity index (χ1v) is 5.15. The van der Waals surface area contributed by atoms with Crippen molar-refractivity contribution in [1.29, 1.82) is 0 Å². The molecule has 0 atom stereocenters. The molecule has 0 saturated heterocycles. The summed E-state index contributed by atoms with van der Waals surface area (Å²) in [5.74, 6) is -0.902. The molecule has 2 aromatic rings. The van der Waals surface area contributed by atoms with Crippen LogP contribution in [0.25, 0.3) is 11.4 Å². The zero-order valence-corrected chi connectivity index (χ0v) is 9.64. The van der Waals surface area contributed by atoms with Crippen LogP contribution in [0.2, 0.25) is 5.02 Å². The largest absolute Gasteiger partial charge is 0.476 e. The van der Waals surface area contributed by atoms with Gasteiger partial charge in [0.2, 0.25) is 0 Å². The van der Waals surface area contributed by atoms with Crippen molar-refractivity contribution in [2.45, 2.75) is 6.92 Å². The van der Waals surface area contributed by atoms with Crippen LogP contribution in [0, 0.1) is 6.92 Å². The van der Waals surface area contributed by atoms with E-state index in [0.29, 0.717) is 5.69 Å². The molecule has 0 aliphatic carbocycles. The molecule has 0 fully saturated rings. The number of rotatable bonds is 2. The number of hydrogen-bond acceptors (Lipinski definition) is 4. The van der Waals surface area contributed by atoms with E-state index < -0.39 is 5.97 Å². The summed E-state index contributed by atoms with van der Waals surface area (Å²) >= 11 is 6.03. The summed E-state index contributed by atoms with van der Waals surface area (Å²) in [5.41, 5.74) is 0.638. The highest BCUT2D eigenvalue weighted by molar-refractivity contribution is 6.33. The van der Waals surface area contributed by atoms with Gasteiger partial charge in [-0.05, 0) is 19.1 Å². The van der Waals surface area contributed by atoms with E-state index in [1.807, 2.05) is 0 Å². The number of aromatic carboxylic acids is 1. The van der Waals surface area contributed by atoms with Crippen molar-refractivity contribution in [3.05, 3.63) is 40.9 Å². The van der Waals surface area contributed by atoms with Gasteiger partial charge in [-0.2, -0.15) is 0 Å². The minimum atomic E-state index is -1.15. The molecule has 0 aromatic carbocycles. The van der Waals surface area contributed by atoms with Crippen LogP contribution in [0.3, 0.4) is 0 Å². The Morgan fingerprint density at radius 2 is 2.00 bits per heavy atom. The van der Waals surface area contributed by atoms with Gasteiger partial charge in [0.1, 0.15) is 0 Å². The summed E-state index contributed by atoms with van der Waals surface area (Å²) < 4.78 is 0. The molecule has 5 nitrogen and oxygen atoms in total. The number of hydrogen-bond donors (Lipinski definition) is 1. The van der Waals surface area contributed by atoms with Crippen molar-refractivity contribution in [2.75, 3.05) is 0 Å². The molecule has 0 bridgehead atoms. The first-order valence-electron chi connectivity index (χ1n) is 4.77. The van der Waals surface area contributed by atoms with Crippen molar-refractivity contribution in [2.24, 2.45) is 0 Å². The third-order valence-electron chi connectivity index (χ3n) is 2.09. The summed E-state index contributed by atoms with van der Waals surface area (Å²) in [5, 5.41) is 9.38. The van der Waals surface area contributed by atoms with Crippen LogP contribution in [-0.2, 0) is 0 Å². The van der Waals surface area contributed by atoms with Crippen LogP contribution < -0.4 is 0 Å². The minimum absolute atomic E-state index is 0.138. The Morgan fingerprint density at radius 3 is 2.59 bits per heavy atom. The number of aromatic nitrogens is 3. The third-order valence-corrected chi connectivity index (χ3v) is 2.39. The predicted molar refractivity (Wildman–Crippen MR) is 62.0 cm³/mol. The summed E-state index contributed by atoms with van der Waals surface area (Å²) in [6, 6.07) is 3.22. The van der Waals surface area contributed by atoms with E-state index in [1.165, 1.54) is 12.4 Å². The summed E-state index contributed by atoms with van der Waals surface area (Å²) in [7, 11) is 0.